The summed E-state index contributed by atoms with van der Waals surface area (Å²) >= 11 is 0. The predicted molar refractivity (Wildman–Crippen MR) is 110 cm³/mol. The Morgan fingerprint density at radius 1 is 1.10 bits per heavy atom. The summed E-state index contributed by atoms with van der Waals surface area (Å²) in [4.78, 5) is 42.6. The van der Waals surface area contributed by atoms with E-state index in [-0.39, 0.29) is 11.1 Å². The lowest BCUT2D eigenvalue weighted by molar-refractivity contribution is 0.0697. The third kappa shape index (κ3) is 2.89. The highest BCUT2D eigenvalue weighted by Gasteiger charge is 2.23. The number of hydrogen-bond acceptors (Lipinski definition) is 4. The number of imidazole rings is 1. The van der Waals surface area contributed by atoms with Crippen LogP contribution in [-0.2, 0) is 6.42 Å². The Morgan fingerprint density at radius 2 is 1.90 bits per heavy atom. The van der Waals surface area contributed by atoms with Crippen LogP contribution in [0.3, 0.4) is 0 Å². The number of benzene rings is 2. The zero-order chi connectivity index (χ0) is 20.8. The van der Waals surface area contributed by atoms with E-state index in [1.165, 1.54) is 12.1 Å². The molecule has 0 saturated heterocycles. The number of aromatic nitrogens is 3. The Kier molecular flexibility index (Phi) is 3.88. The van der Waals surface area contributed by atoms with Gasteiger partial charge in [0.05, 0.1) is 17.0 Å². The molecule has 0 bridgehead atoms. The Bertz CT molecular complexity index is 1400. The molecule has 0 radical (unpaired) electrons. The number of hydrogen-bond donors (Lipinski definition) is 4. The summed E-state index contributed by atoms with van der Waals surface area (Å²) in [5.74, 6) is -1.07. The van der Waals surface area contributed by atoms with Gasteiger partial charge in [0, 0.05) is 35.8 Å². The largest absolute Gasteiger partial charge is 0.478 e. The van der Waals surface area contributed by atoms with Gasteiger partial charge in [-0.05, 0) is 35.9 Å². The molecule has 1 aliphatic rings. The zero-order valence-corrected chi connectivity index (χ0v) is 15.5. The fourth-order valence-electron chi connectivity index (χ4n) is 3.71. The Balaban J connectivity index is 1.38. The Morgan fingerprint density at radius 3 is 2.70 bits per heavy atom. The van der Waals surface area contributed by atoms with Crippen molar-refractivity contribution < 1.29 is 14.7 Å². The van der Waals surface area contributed by atoms with Crippen LogP contribution < -0.4 is 16.2 Å². The van der Waals surface area contributed by atoms with Crippen molar-refractivity contribution in [2.45, 2.75) is 6.42 Å². The molecule has 148 valence electrons. The quantitative estimate of drug-likeness (QED) is 0.369. The third-order valence-corrected chi connectivity index (χ3v) is 5.02. The van der Waals surface area contributed by atoms with Crippen LogP contribution in [0.2, 0.25) is 0 Å². The van der Waals surface area contributed by atoms with Gasteiger partial charge in [0.2, 0.25) is 5.65 Å². The lowest BCUT2D eigenvalue weighted by Crippen LogP contribution is -2.19. The normalized spacial score (nSPS) is 11.7. The molecule has 0 fully saturated rings. The number of amides is 2. The van der Waals surface area contributed by atoms with Crippen LogP contribution in [0.4, 0.5) is 16.2 Å². The molecule has 5 rings (SSSR count). The highest BCUT2D eigenvalue weighted by molar-refractivity contribution is 6.01. The summed E-state index contributed by atoms with van der Waals surface area (Å²) in [5.41, 5.74) is 4.69. The molecule has 2 aromatic heterocycles. The monoisotopic (exact) mass is 401 g/mol. The number of carboxylic acid groups (broad SMARTS) is 1. The van der Waals surface area contributed by atoms with Crippen LogP contribution in [-0.4, -0.2) is 31.5 Å². The van der Waals surface area contributed by atoms with Crippen LogP contribution in [0.25, 0.3) is 16.9 Å². The number of aromatic amines is 1. The van der Waals surface area contributed by atoms with Gasteiger partial charge in [0.1, 0.15) is 0 Å². The fraction of sp³-hybridized carbons (Fsp3) is 0.0476. The first kappa shape index (κ1) is 17.7. The van der Waals surface area contributed by atoms with Gasteiger partial charge in [0.25, 0.3) is 5.56 Å². The van der Waals surface area contributed by atoms with Crippen molar-refractivity contribution in [1.82, 2.24) is 14.4 Å². The average Bonchev–Trinajstić information content (AvgIpc) is 3.33. The molecule has 9 nitrogen and oxygen atoms in total. The number of carboxylic acids is 1. The molecular weight excluding hydrogens is 386 g/mol. The maximum absolute atomic E-state index is 12.3. The van der Waals surface area contributed by atoms with Gasteiger partial charge in [-0.25, -0.2) is 14.6 Å². The highest BCUT2D eigenvalue weighted by Crippen LogP contribution is 2.35. The highest BCUT2D eigenvalue weighted by atomic mass is 16.4. The smallest absolute Gasteiger partial charge is 0.335 e. The second kappa shape index (κ2) is 6.59. The van der Waals surface area contributed by atoms with E-state index >= 15 is 0 Å². The van der Waals surface area contributed by atoms with Crippen LogP contribution in [0.15, 0.2) is 59.7 Å². The minimum absolute atomic E-state index is 0.0860. The predicted octanol–water partition coefficient (Wildman–Crippen LogP) is 2.94. The molecular formula is C21H15N5O4. The maximum Gasteiger partial charge on any atom is 0.335 e. The first-order valence-corrected chi connectivity index (χ1v) is 9.12. The second-order valence-electron chi connectivity index (χ2n) is 6.91. The van der Waals surface area contributed by atoms with Crippen LogP contribution in [0.1, 0.15) is 21.6 Å². The average molecular weight is 401 g/mol. The molecule has 2 amide bonds. The summed E-state index contributed by atoms with van der Waals surface area (Å²) in [6.07, 6.45) is 3.93. The minimum Gasteiger partial charge on any atom is -0.478 e. The standard InChI is InChI=1S/C21H15N5O4/c27-19-18-22-6-7-26(18)16-10-12-9-14(4-5-15(12)17(16)25-19)24-21(30)23-13-3-1-2-11(8-13)20(28)29/h1-9H,10H2,(H,25,27)(H,28,29)(H2,23,24,30). The lowest BCUT2D eigenvalue weighted by Gasteiger charge is -2.09. The third-order valence-electron chi connectivity index (χ3n) is 5.02. The fourth-order valence-corrected chi connectivity index (χ4v) is 3.71. The SMILES string of the molecule is O=C(Nc1cccc(C(=O)O)c1)Nc1ccc2c(c1)Cc1c-2[nH]c(=O)c2nccn12. The topological polar surface area (TPSA) is 129 Å². The first-order chi connectivity index (χ1) is 14.5. The molecule has 0 aliphatic heterocycles. The van der Waals surface area contributed by atoms with Crippen molar-refractivity contribution in [3.05, 3.63) is 82.0 Å². The summed E-state index contributed by atoms with van der Waals surface area (Å²) in [6, 6.07) is 11.0. The molecule has 9 heteroatoms. The van der Waals surface area contributed by atoms with E-state index in [9.17, 15) is 14.4 Å². The number of nitrogens with zero attached hydrogens (tertiary/aromatic N) is 2. The van der Waals surface area contributed by atoms with Crippen molar-refractivity contribution in [1.29, 1.82) is 0 Å². The van der Waals surface area contributed by atoms with E-state index in [0.717, 1.165) is 22.5 Å². The van der Waals surface area contributed by atoms with E-state index in [1.807, 2.05) is 12.1 Å². The maximum atomic E-state index is 12.3. The van der Waals surface area contributed by atoms with Gasteiger partial charge in [-0.15, -0.1) is 0 Å². The summed E-state index contributed by atoms with van der Waals surface area (Å²) < 4.78 is 1.78. The molecule has 2 heterocycles. The molecule has 0 atom stereocenters. The summed E-state index contributed by atoms with van der Waals surface area (Å²) in [5, 5.41) is 14.4. The number of carbonyl (C=O) groups is 2. The Hall–Kier alpha value is -4.40. The van der Waals surface area contributed by atoms with Gasteiger partial charge in [-0.1, -0.05) is 12.1 Å². The minimum atomic E-state index is -1.07. The number of aromatic carboxylic acids is 1. The molecule has 4 N–H and O–H groups in total. The number of rotatable bonds is 3. The van der Waals surface area contributed by atoms with E-state index in [1.54, 1.807) is 35.0 Å². The van der Waals surface area contributed by atoms with Crippen LogP contribution in [0, 0.1) is 0 Å². The number of urea groups is 1. The number of carbonyl (C=O) groups excluding carboxylic acids is 1. The van der Waals surface area contributed by atoms with Gasteiger partial charge >= 0.3 is 12.0 Å². The molecule has 30 heavy (non-hydrogen) atoms. The van der Waals surface area contributed by atoms with Gasteiger partial charge in [-0.3, -0.25) is 9.20 Å². The van der Waals surface area contributed by atoms with Crippen molar-refractivity contribution in [2.75, 3.05) is 10.6 Å². The Labute approximate surface area is 169 Å². The van der Waals surface area contributed by atoms with Gasteiger partial charge < -0.3 is 20.7 Å². The van der Waals surface area contributed by atoms with E-state index in [4.69, 9.17) is 5.11 Å². The van der Waals surface area contributed by atoms with E-state index < -0.39 is 12.0 Å². The van der Waals surface area contributed by atoms with E-state index in [0.29, 0.717) is 23.4 Å². The molecule has 0 unspecified atom stereocenters. The molecule has 1 aliphatic carbocycles. The molecule has 0 saturated carbocycles. The van der Waals surface area contributed by atoms with Gasteiger partial charge in [-0.2, -0.15) is 0 Å². The molecule has 2 aromatic carbocycles. The van der Waals surface area contributed by atoms with Crippen molar-refractivity contribution in [2.24, 2.45) is 0 Å². The van der Waals surface area contributed by atoms with Crippen LogP contribution >= 0.6 is 0 Å². The number of fused-ring (bicyclic) bond motifs is 5. The van der Waals surface area contributed by atoms with Gasteiger partial charge in [0.15, 0.2) is 0 Å². The molecule has 0 spiro atoms. The van der Waals surface area contributed by atoms with E-state index in [2.05, 4.69) is 20.6 Å². The second-order valence-corrected chi connectivity index (χ2v) is 6.91. The molecule has 4 aromatic rings. The summed E-state index contributed by atoms with van der Waals surface area (Å²) in [6.45, 7) is 0. The number of nitrogens with one attached hydrogen (secondary N) is 3. The van der Waals surface area contributed by atoms with Crippen molar-refractivity contribution >= 4 is 29.0 Å². The van der Waals surface area contributed by atoms with Crippen molar-refractivity contribution in [3.8, 4) is 11.3 Å². The zero-order valence-electron chi connectivity index (χ0n) is 15.5. The first-order valence-electron chi connectivity index (χ1n) is 9.12. The number of anilines is 2. The lowest BCUT2D eigenvalue weighted by atomic mass is 10.1. The van der Waals surface area contributed by atoms with Crippen LogP contribution in [0.5, 0.6) is 0 Å². The number of H-pyrrole nitrogens is 1. The van der Waals surface area contributed by atoms with Crippen molar-refractivity contribution in [3.63, 3.8) is 0 Å². The summed E-state index contributed by atoms with van der Waals surface area (Å²) in [7, 11) is 0.